The van der Waals surface area contributed by atoms with Gasteiger partial charge in [-0.25, -0.2) is 4.98 Å². The number of carbonyl (C=O) groups excluding carboxylic acids is 2. The van der Waals surface area contributed by atoms with Crippen LogP contribution in [0.5, 0.6) is 0 Å². The molecule has 2 amide bonds. The molecular weight excluding hydrogens is 316 g/mol. The van der Waals surface area contributed by atoms with Crippen LogP contribution in [-0.4, -0.2) is 45.4 Å². The Labute approximate surface area is 147 Å². The number of benzene rings is 1. The highest BCUT2D eigenvalue weighted by atomic mass is 16.2. The van der Waals surface area contributed by atoms with Gasteiger partial charge in [0.25, 0.3) is 5.91 Å². The first-order valence-electron chi connectivity index (χ1n) is 8.89. The molecule has 132 valence electrons. The van der Waals surface area contributed by atoms with E-state index in [0.717, 1.165) is 24.9 Å². The summed E-state index contributed by atoms with van der Waals surface area (Å²) in [5, 5.41) is 2.95. The summed E-state index contributed by atoms with van der Waals surface area (Å²) in [6.07, 6.45) is 6.74. The fourth-order valence-electron chi connectivity index (χ4n) is 3.18. The number of nitrogens with one attached hydrogen (secondary N) is 1. The van der Waals surface area contributed by atoms with Crippen molar-refractivity contribution in [3.63, 3.8) is 0 Å². The Morgan fingerprint density at radius 1 is 1.28 bits per heavy atom. The van der Waals surface area contributed by atoms with Gasteiger partial charge in [0.1, 0.15) is 11.7 Å². The monoisotopic (exact) mass is 340 g/mol. The minimum atomic E-state index is -0.386. The van der Waals surface area contributed by atoms with E-state index in [4.69, 9.17) is 0 Å². The number of amides is 2. The summed E-state index contributed by atoms with van der Waals surface area (Å²) in [5.41, 5.74) is 1.37. The van der Waals surface area contributed by atoms with Crippen molar-refractivity contribution in [2.75, 3.05) is 13.1 Å². The number of hydrogen-bond acceptors (Lipinski definition) is 3. The molecule has 1 saturated heterocycles. The zero-order valence-corrected chi connectivity index (χ0v) is 14.5. The third-order valence-electron chi connectivity index (χ3n) is 4.54. The van der Waals surface area contributed by atoms with Gasteiger partial charge in [0, 0.05) is 18.8 Å². The maximum absolute atomic E-state index is 13.0. The van der Waals surface area contributed by atoms with Crippen LogP contribution in [0, 0.1) is 0 Å². The number of hydrogen-bond donors (Lipinski definition) is 1. The van der Waals surface area contributed by atoms with Crippen molar-refractivity contribution >= 4 is 11.8 Å². The van der Waals surface area contributed by atoms with E-state index in [0.29, 0.717) is 25.2 Å². The zero-order valence-electron chi connectivity index (χ0n) is 14.5. The lowest BCUT2D eigenvalue weighted by atomic mass is 10.2. The van der Waals surface area contributed by atoms with Crippen LogP contribution in [0.15, 0.2) is 42.9 Å². The lowest BCUT2D eigenvalue weighted by Crippen LogP contribution is -2.46. The molecule has 1 atom stereocenters. The predicted octanol–water partition coefficient (Wildman–Crippen LogP) is 2.39. The first kappa shape index (κ1) is 17.2. The number of nitrogens with zero attached hydrogens (tertiary/aromatic N) is 3. The van der Waals surface area contributed by atoms with E-state index in [9.17, 15) is 9.59 Å². The number of imidazole rings is 1. The number of rotatable bonds is 6. The molecule has 2 heterocycles. The van der Waals surface area contributed by atoms with E-state index in [1.807, 2.05) is 30.3 Å². The Hall–Kier alpha value is -2.63. The van der Waals surface area contributed by atoms with Gasteiger partial charge in [-0.1, -0.05) is 31.5 Å². The van der Waals surface area contributed by atoms with Crippen molar-refractivity contribution in [1.29, 1.82) is 0 Å². The summed E-state index contributed by atoms with van der Waals surface area (Å²) >= 11 is 0. The first-order valence-corrected chi connectivity index (χ1v) is 8.89. The Balaban J connectivity index is 1.77. The third-order valence-corrected chi connectivity index (χ3v) is 4.54. The molecule has 2 aromatic rings. The Morgan fingerprint density at radius 2 is 2.08 bits per heavy atom. The van der Waals surface area contributed by atoms with E-state index in [1.165, 1.54) is 0 Å². The van der Waals surface area contributed by atoms with Gasteiger partial charge in [-0.2, -0.15) is 0 Å². The summed E-state index contributed by atoms with van der Waals surface area (Å²) in [4.78, 5) is 31.3. The van der Waals surface area contributed by atoms with Crippen LogP contribution in [0.25, 0.3) is 5.69 Å². The van der Waals surface area contributed by atoms with E-state index < -0.39 is 0 Å². The van der Waals surface area contributed by atoms with Gasteiger partial charge in [0.2, 0.25) is 5.91 Å². The van der Waals surface area contributed by atoms with Gasteiger partial charge in [0.05, 0.1) is 12.5 Å². The Kier molecular flexibility index (Phi) is 5.48. The number of likely N-dealkylation sites (tertiary alicyclic amines) is 1. The summed E-state index contributed by atoms with van der Waals surface area (Å²) in [6.45, 7) is 3.35. The highest BCUT2D eigenvalue weighted by molar-refractivity contribution is 5.97. The van der Waals surface area contributed by atoms with Crippen LogP contribution < -0.4 is 5.32 Å². The van der Waals surface area contributed by atoms with Gasteiger partial charge in [-0.3, -0.25) is 14.2 Å². The fourth-order valence-corrected chi connectivity index (χ4v) is 3.18. The molecule has 1 aromatic heterocycles. The lowest BCUT2D eigenvalue weighted by Gasteiger charge is -2.24. The molecule has 6 heteroatoms. The second-order valence-corrected chi connectivity index (χ2v) is 6.29. The SMILES string of the molecule is CCCCNC(=O)[C@H]1CCCN1C(=O)c1cncn1-c1ccccc1. The second kappa shape index (κ2) is 7.96. The molecule has 0 aliphatic carbocycles. The van der Waals surface area contributed by atoms with Gasteiger partial charge in [-0.05, 0) is 31.4 Å². The molecule has 1 aliphatic heterocycles. The van der Waals surface area contributed by atoms with Crippen molar-refractivity contribution in [3.05, 3.63) is 48.5 Å². The molecule has 1 aliphatic rings. The minimum absolute atomic E-state index is 0.0509. The number of unbranched alkanes of at least 4 members (excludes halogenated alkanes) is 1. The lowest BCUT2D eigenvalue weighted by molar-refractivity contribution is -0.124. The van der Waals surface area contributed by atoms with Gasteiger partial charge in [-0.15, -0.1) is 0 Å². The van der Waals surface area contributed by atoms with Crippen molar-refractivity contribution < 1.29 is 9.59 Å². The molecule has 6 nitrogen and oxygen atoms in total. The first-order chi connectivity index (χ1) is 12.2. The van der Waals surface area contributed by atoms with Crippen LogP contribution in [0.4, 0.5) is 0 Å². The molecule has 1 aromatic carbocycles. The summed E-state index contributed by atoms with van der Waals surface area (Å²) in [6, 6.07) is 9.24. The molecule has 3 rings (SSSR count). The van der Waals surface area contributed by atoms with E-state index in [1.54, 1.807) is 22.0 Å². The van der Waals surface area contributed by atoms with Gasteiger partial charge >= 0.3 is 0 Å². The van der Waals surface area contributed by atoms with Crippen molar-refractivity contribution in [3.8, 4) is 5.69 Å². The normalized spacial score (nSPS) is 16.8. The maximum Gasteiger partial charge on any atom is 0.273 e. The van der Waals surface area contributed by atoms with Crippen LogP contribution in [0.3, 0.4) is 0 Å². The molecule has 25 heavy (non-hydrogen) atoms. The van der Waals surface area contributed by atoms with Crippen LogP contribution >= 0.6 is 0 Å². The van der Waals surface area contributed by atoms with Gasteiger partial charge in [0.15, 0.2) is 0 Å². The number of aromatic nitrogens is 2. The highest BCUT2D eigenvalue weighted by Gasteiger charge is 2.35. The van der Waals surface area contributed by atoms with Crippen LogP contribution in [-0.2, 0) is 4.79 Å². The van der Waals surface area contributed by atoms with Crippen molar-refractivity contribution in [1.82, 2.24) is 19.8 Å². The van der Waals surface area contributed by atoms with Gasteiger partial charge < -0.3 is 10.2 Å². The molecule has 1 N–H and O–H groups in total. The van der Waals surface area contributed by atoms with E-state index >= 15 is 0 Å². The van der Waals surface area contributed by atoms with Crippen LogP contribution in [0.1, 0.15) is 43.1 Å². The summed E-state index contributed by atoms with van der Waals surface area (Å²) < 4.78 is 1.77. The Bertz CT molecular complexity index is 726. The fraction of sp³-hybridized carbons (Fsp3) is 0.421. The summed E-state index contributed by atoms with van der Waals surface area (Å²) in [7, 11) is 0. The topological polar surface area (TPSA) is 67.2 Å². The predicted molar refractivity (Wildman–Crippen MR) is 95.5 cm³/mol. The summed E-state index contributed by atoms with van der Waals surface area (Å²) in [5.74, 6) is -0.195. The molecule has 0 saturated carbocycles. The van der Waals surface area contributed by atoms with Crippen molar-refractivity contribution in [2.45, 2.75) is 38.6 Å². The zero-order chi connectivity index (χ0) is 17.6. The average Bonchev–Trinajstić information content (AvgIpc) is 3.31. The molecule has 0 radical (unpaired) electrons. The standard InChI is InChI=1S/C19H24N4O2/c1-2-3-11-21-18(24)16-10-7-12-22(16)19(25)17-13-20-14-23(17)15-8-5-4-6-9-15/h4-6,8-9,13-14,16H,2-3,7,10-12H2,1H3,(H,21,24)/t16-/m1/s1. The maximum atomic E-state index is 13.0. The molecule has 0 unspecified atom stereocenters. The quantitative estimate of drug-likeness (QED) is 0.821. The molecule has 0 spiro atoms. The number of carbonyl (C=O) groups is 2. The molecule has 1 fully saturated rings. The van der Waals surface area contributed by atoms with Crippen LogP contribution in [0.2, 0.25) is 0 Å². The highest BCUT2D eigenvalue weighted by Crippen LogP contribution is 2.21. The smallest absolute Gasteiger partial charge is 0.273 e. The largest absolute Gasteiger partial charge is 0.354 e. The van der Waals surface area contributed by atoms with E-state index in [-0.39, 0.29) is 17.9 Å². The van der Waals surface area contributed by atoms with Crippen molar-refractivity contribution in [2.24, 2.45) is 0 Å². The number of para-hydroxylation sites is 1. The molecule has 0 bridgehead atoms. The van der Waals surface area contributed by atoms with E-state index in [2.05, 4.69) is 17.2 Å². The minimum Gasteiger partial charge on any atom is -0.354 e. The third kappa shape index (κ3) is 3.73. The second-order valence-electron chi connectivity index (χ2n) is 6.29. The Morgan fingerprint density at radius 3 is 2.84 bits per heavy atom. The average molecular weight is 340 g/mol. The molecular formula is C19H24N4O2.